The van der Waals surface area contributed by atoms with E-state index >= 15 is 0 Å². The minimum Gasteiger partial charge on any atom is -0.450 e. The van der Waals surface area contributed by atoms with E-state index < -0.39 is 0 Å². The minimum absolute atomic E-state index is 0.00886. The first-order valence-electron chi connectivity index (χ1n) is 9.52. The van der Waals surface area contributed by atoms with Crippen LogP contribution in [-0.4, -0.2) is 60.0 Å². The fraction of sp³-hybridized carbons (Fsp3) is 0.550. The van der Waals surface area contributed by atoms with E-state index in [1.165, 1.54) is 12.5 Å². The third-order valence-electron chi connectivity index (χ3n) is 4.80. The van der Waals surface area contributed by atoms with Crippen molar-refractivity contribution in [3.8, 4) is 0 Å². The van der Waals surface area contributed by atoms with Crippen molar-refractivity contribution in [2.24, 2.45) is 0 Å². The molecule has 0 radical (unpaired) electrons. The van der Waals surface area contributed by atoms with Gasteiger partial charge < -0.3 is 19.9 Å². The Bertz CT molecular complexity index is 652. The van der Waals surface area contributed by atoms with Gasteiger partial charge >= 0.3 is 6.09 Å². The lowest BCUT2D eigenvalue weighted by molar-refractivity contribution is -0.136. The fourth-order valence-corrected chi connectivity index (χ4v) is 3.25. The van der Waals surface area contributed by atoms with E-state index in [9.17, 15) is 14.4 Å². The molecule has 0 atom stereocenters. The van der Waals surface area contributed by atoms with Crippen LogP contribution in [0, 0.1) is 0 Å². The summed E-state index contributed by atoms with van der Waals surface area (Å²) in [5, 5.41) is 2.84. The Balaban J connectivity index is 1.90. The summed E-state index contributed by atoms with van der Waals surface area (Å²) < 4.78 is 5.01. The molecule has 7 heteroatoms. The zero-order valence-corrected chi connectivity index (χ0v) is 16.4. The average Bonchev–Trinajstić information content (AvgIpc) is 2.67. The van der Waals surface area contributed by atoms with Crippen LogP contribution in [0.1, 0.15) is 39.2 Å². The number of likely N-dealkylation sites (tertiary alicyclic amines) is 1. The monoisotopic (exact) mass is 375 g/mol. The normalized spacial score (nSPS) is 14.6. The molecule has 0 aliphatic carbocycles. The molecule has 1 N–H and O–H groups in total. The van der Waals surface area contributed by atoms with E-state index in [-0.39, 0.29) is 30.5 Å². The quantitative estimate of drug-likeness (QED) is 0.829. The third-order valence-corrected chi connectivity index (χ3v) is 4.80. The van der Waals surface area contributed by atoms with Crippen LogP contribution in [0.15, 0.2) is 24.3 Å². The molecule has 1 aliphatic rings. The molecule has 0 unspecified atom stereocenters. The molecule has 3 amide bonds. The number of carbonyl (C=O) groups excluding carboxylic acids is 3. The molecule has 0 aromatic heterocycles. The van der Waals surface area contributed by atoms with Crippen molar-refractivity contribution in [3.63, 3.8) is 0 Å². The number of rotatable bonds is 6. The molecule has 1 aromatic rings. The highest BCUT2D eigenvalue weighted by atomic mass is 16.6. The summed E-state index contributed by atoms with van der Waals surface area (Å²) >= 11 is 0. The van der Waals surface area contributed by atoms with E-state index in [2.05, 4.69) is 12.2 Å². The average molecular weight is 375 g/mol. The Morgan fingerprint density at radius 3 is 2.30 bits per heavy atom. The predicted octanol–water partition coefficient (Wildman–Crippen LogP) is 2.66. The van der Waals surface area contributed by atoms with Crippen molar-refractivity contribution >= 4 is 23.6 Å². The number of carbonyl (C=O) groups is 3. The molecular weight excluding hydrogens is 346 g/mol. The van der Waals surface area contributed by atoms with Crippen LogP contribution >= 0.6 is 0 Å². The minimum atomic E-state index is -0.321. The van der Waals surface area contributed by atoms with Crippen molar-refractivity contribution in [2.75, 3.05) is 31.6 Å². The first-order chi connectivity index (χ1) is 12.9. The second-order valence-electron chi connectivity index (χ2n) is 6.66. The predicted molar refractivity (Wildman–Crippen MR) is 103 cm³/mol. The highest BCUT2D eigenvalue weighted by Crippen LogP contribution is 2.18. The van der Waals surface area contributed by atoms with Gasteiger partial charge in [0.2, 0.25) is 11.8 Å². The highest BCUT2D eigenvalue weighted by molar-refractivity contribution is 5.94. The lowest BCUT2D eigenvalue weighted by Crippen LogP contribution is -2.50. The molecule has 148 valence electrons. The summed E-state index contributed by atoms with van der Waals surface area (Å²) in [6.45, 7) is 6.72. The van der Waals surface area contributed by atoms with Crippen molar-refractivity contribution < 1.29 is 19.1 Å². The van der Waals surface area contributed by atoms with Gasteiger partial charge in [0.1, 0.15) is 6.54 Å². The van der Waals surface area contributed by atoms with Crippen LogP contribution in [0.4, 0.5) is 10.5 Å². The Kier molecular flexibility index (Phi) is 7.64. The first-order valence-corrected chi connectivity index (χ1v) is 9.52. The van der Waals surface area contributed by atoms with Gasteiger partial charge in [-0.1, -0.05) is 19.1 Å². The lowest BCUT2D eigenvalue weighted by atomic mass is 10.0. The summed E-state index contributed by atoms with van der Waals surface area (Å²) in [5.41, 5.74) is 1.92. The summed E-state index contributed by atoms with van der Waals surface area (Å²) in [4.78, 5) is 39.5. The van der Waals surface area contributed by atoms with Crippen LogP contribution in [0.25, 0.3) is 0 Å². The third kappa shape index (κ3) is 5.98. The maximum absolute atomic E-state index is 12.4. The topological polar surface area (TPSA) is 79.0 Å². The molecule has 1 aromatic carbocycles. The first kappa shape index (κ1) is 20.7. The van der Waals surface area contributed by atoms with E-state index in [0.29, 0.717) is 32.5 Å². The maximum atomic E-state index is 12.4. The Hall–Kier alpha value is -2.57. The van der Waals surface area contributed by atoms with Gasteiger partial charge in [-0.3, -0.25) is 9.59 Å². The highest BCUT2D eigenvalue weighted by Gasteiger charge is 2.29. The van der Waals surface area contributed by atoms with E-state index in [1.54, 1.807) is 16.7 Å². The molecule has 1 aliphatic heterocycles. The van der Waals surface area contributed by atoms with Gasteiger partial charge in [0.15, 0.2) is 0 Å². The Morgan fingerprint density at radius 2 is 1.78 bits per heavy atom. The van der Waals surface area contributed by atoms with E-state index in [4.69, 9.17) is 4.74 Å². The van der Waals surface area contributed by atoms with E-state index in [0.717, 1.165) is 12.1 Å². The summed E-state index contributed by atoms with van der Waals surface area (Å²) in [5.74, 6) is -0.358. The summed E-state index contributed by atoms with van der Waals surface area (Å²) in [6, 6.07) is 7.63. The summed E-state index contributed by atoms with van der Waals surface area (Å²) in [6.07, 6.45) is 1.89. The Morgan fingerprint density at radius 1 is 1.15 bits per heavy atom. The molecule has 1 fully saturated rings. The number of benzene rings is 1. The number of aryl methyl sites for hydroxylation is 1. The number of hydrogen-bond acceptors (Lipinski definition) is 4. The summed E-state index contributed by atoms with van der Waals surface area (Å²) in [7, 11) is 0. The Labute approximate surface area is 160 Å². The maximum Gasteiger partial charge on any atom is 0.409 e. The van der Waals surface area contributed by atoms with Gasteiger partial charge in [-0.25, -0.2) is 4.79 Å². The van der Waals surface area contributed by atoms with Gasteiger partial charge in [-0.2, -0.15) is 0 Å². The molecule has 1 heterocycles. The molecule has 7 nitrogen and oxygen atoms in total. The van der Waals surface area contributed by atoms with Crippen LogP contribution in [0.5, 0.6) is 0 Å². The second-order valence-corrected chi connectivity index (χ2v) is 6.66. The fourth-order valence-electron chi connectivity index (χ4n) is 3.25. The van der Waals surface area contributed by atoms with E-state index in [1.807, 2.05) is 24.3 Å². The number of amides is 3. The van der Waals surface area contributed by atoms with Crippen molar-refractivity contribution in [1.82, 2.24) is 9.80 Å². The number of piperidine rings is 1. The zero-order valence-electron chi connectivity index (χ0n) is 16.4. The standard InChI is InChI=1S/C20H29N3O4/c1-4-16-6-8-17(9-7-16)21-19(25)14-23(15(3)24)18-10-12-22(13-11-18)20(26)27-5-2/h6-9,18H,4-5,10-14H2,1-3H3,(H,21,25). The molecule has 0 bridgehead atoms. The molecule has 0 saturated carbocycles. The van der Waals surface area contributed by atoms with Crippen LogP contribution in [0.2, 0.25) is 0 Å². The van der Waals surface area contributed by atoms with Crippen LogP contribution < -0.4 is 5.32 Å². The van der Waals surface area contributed by atoms with Gasteiger partial charge in [-0.15, -0.1) is 0 Å². The lowest BCUT2D eigenvalue weighted by Gasteiger charge is -2.37. The van der Waals surface area contributed by atoms with Crippen molar-refractivity contribution in [3.05, 3.63) is 29.8 Å². The van der Waals surface area contributed by atoms with Crippen LogP contribution in [-0.2, 0) is 20.7 Å². The molecule has 2 rings (SSSR count). The van der Waals surface area contributed by atoms with Gasteiger partial charge in [-0.05, 0) is 43.9 Å². The van der Waals surface area contributed by atoms with Crippen LogP contribution in [0.3, 0.4) is 0 Å². The molecule has 0 spiro atoms. The van der Waals surface area contributed by atoms with Gasteiger partial charge in [0.25, 0.3) is 0 Å². The van der Waals surface area contributed by atoms with Gasteiger partial charge in [0.05, 0.1) is 6.61 Å². The SMILES string of the molecule is CCOC(=O)N1CCC(N(CC(=O)Nc2ccc(CC)cc2)C(C)=O)CC1. The number of ether oxygens (including phenoxy) is 1. The molecular formula is C20H29N3O4. The molecule has 27 heavy (non-hydrogen) atoms. The number of nitrogens with one attached hydrogen (secondary N) is 1. The second kappa shape index (κ2) is 9.94. The number of nitrogens with zero attached hydrogens (tertiary/aromatic N) is 2. The van der Waals surface area contributed by atoms with Crippen molar-refractivity contribution in [1.29, 1.82) is 0 Å². The zero-order chi connectivity index (χ0) is 19.8. The largest absolute Gasteiger partial charge is 0.450 e. The molecule has 1 saturated heterocycles. The smallest absolute Gasteiger partial charge is 0.409 e. The van der Waals surface area contributed by atoms with Gasteiger partial charge in [0, 0.05) is 31.7 Å². The van der Waals surface area contributed by atoms with Crippen molar-refractivity contribution in [2.45, 2.75) is 46.1 Å². The number of anilines is 1. The number of hydrogen-bond donors (Lipinski definition) is 1.